The Morgan fingerprint density at radius 3 is 2.00 bits per heavy atom. The summed E-state index contributed by atoms with van der Waals surface area (Å²) in [6.45, 7) is 0. The van der Waals surface area contributed by atoms with E-state index >= 15 is 0 Å². The third-order valence-electron chi connectivity index (χ3n) is 3.48. The Labute approximate surface area is 116 Å². The van der Waals surface area contributed by atoms with Gasteiger partial charge in [-0.1, -0.05) is 36.4 Å². The summed E-state index contributed by atoms with van der Waals surface area (Å²) in [4.78, 5) is 23.6. The molecule has 2 amide bonds. The van der Waals surface area contributed by atoms with Crippen LogP contribution in [0.4, 0.5) is 0 Å². The summed E-state index contributed by atoms with van der Waals surface area (Å²) in [6, 6.07) is 9.15. The number of allylic oxidation sites excluding steroid dienone is 2. The van der Waals surface area contributed by atoms with Crippen molar-refractivity contribution in [1.82, 2.24) is 0 Å². The molecule has 0 unspecified atom stereocenters. The number of hydrogen-bond donors (Lipinski definition) is 4. The van der Waals surface area contributed by atoms with Crippen LogP contribution in [0.5, 0.6) is 0 Å². The maximum absolute atomic E-state index is 11.8. The second-order valence-corrected chi connectivity index (χ2v) is 4.77. The number of rotatable bonds is 3. The number of benzene rings is 1. The largest absolute Gasteiger partial charge is 0.368 e. The van der Waals surface area contributed by atoms with Gasteiger partial charge in [0.15, 0.2) is 5.41 Å². The number of primary amides is 2. The molecule has 104 valence electrons. The number of nitrogens with two attached hydrogens (primary N) is 4. The van der Waals surface area contributed by atoms with Crippen LogP contribution >= 0.6 is 0 Å². The monoisotopic (exact) mass is 272 g/mol. The fraction of sp³-hybridized carbons (Fsp3) is 0.143. The van der Waals surface area contributed by atoms with E-state index in [0.717, 1.165) is 5.56 Å². The lowest BCUT2D eigenvalue weighted by Crippen LogP contribution is -2.70. The zero-order chi connectivity index (χ0) is 15.0. The van der Waals surface area contributed by atoms with Gasteiger partial charge in [-0.05, 0) is 23.3 Å². The fourth-order valence-corrected chi connectivity index (χ4v) is 2.27. The van der Waals surface area contributed by atoms with Crippen LogP contribution in [0.2, 0.25) is 0 Å². The quantitative estimate of drug-likeness (QED) is 0.423. The van der Waals surface area contributed by atoms with Gasteiger partial charge in [-0.15, -0.1) is 0 Å². The minimum Gasteiger partial charge on any atom is -0.368 e. The Hall–Kier alpha value is -2.44. The first-order chi connectivity index (χ1) is 9.31. The van der Waals surface area contributed by atoms with Crippen molar-refractivity contribution < 1.29 is 9.59 Å². The van der Waals surface area contributed by atoms with Gasteiger partial charge in [-0.2, -0.15) is 0 Å². The molecule has 0 fully saturated rings. The van der Waals surface area contributed by atoms with E-state index in [0.29, 0.717) is 5.57 Å². The molecule has 1 aromatic rings. The minimum absolute atomic E-state index is 0.606. The summed E-state index contributed by atoms with van der Waals surface area (Å²) in [7, 11) is 0. The second-order valence-electron chi connectivity index (χ2n) is 4.77. The van der Waals surface area contributed by atoms with E-state index < -0.39 is 22.9 Å². The van der Waals surface area contributed by atoms with Crippen LogP contribution in [0.1, 0.15) is 5.56 Å². The highest BCUT2D eigenvalue weighted by Crippen LogP contribution is 2.37. The molecule has 20 heavy (non-hydrogen) atoms. The molecular formula is C14H16N4O2. The van der Waals surface area contributed by atoms with Gasteiger partial charge in [-0.25, -0.2) is 0 Å². The molecule has 0 radical (unpaired) electrons. The number of carbonyl (C=O) groups excluding carboxylic acids is 2. The molecule has 0 aromatic heterocycles. The van der Waals surface area contributed by atoms with E-state index in [1.807, 2.05) is 30.3 Å². The molecule has 0 bridgehead atoms. The standard InChI is InChI=1S/C14H16N4O2/c15-11(19)13(12(16)20)8-10(6-7-14(13,17)18)9-4-2-1-3-5-9/h1-8H,17-18H2,(H2,15,19)(H2,16,20). The van der Waals surface area contributed by atoms with Gasteiger partial charge in [0.1, 0.15) is 5.66 Å². The van der Waals surface area contributed by atoms with Crippen LogP contribution in [0.3, 0.4) is 0 Å². The number of amides is 2. The summed E-state index contributed by atoms with van der Waals surface area (Å²) < 4.78 is 0. The van der Waals surface area contributed by atoms with Crippen LogP contribution in [0.15, 0.2) is 48.6 Å². The van der Waals surface area contributed by atoms with Crippen LogP contribution in [-0.4, -0.2) is 17.5 Å². The zero-order valence-corrected chi connectivity index (χ0v) is 10.7. The molecule has 1 aliphatic rings. The summed E-state index contributed by atoms with van der Waals surface area (Å²) in [5.74, 6) is -1.96. The first-order valence-electron chi connectivity index (χ1n) is 5.96. The summed E-state index contributed by atoms with van der Waals surface area (Å²) in [6.07, 6.45) is 4.34. The van der Waals surface area contributed by atoms with Gasteiger partial charge < -0.3 is 22.9 Å². The van der Waals surface area contributed by atoms with Gasteiger partial charge in [-0.3, -0.25) is 9.59 Å². The van der Waals surface area contributed by atoms with Crippen molar-refractivity contribution in [3.63, 3.8) is 0 Å². The molecule has 0 aliphatic heterocycles. The normalized spacial score (nSPS) is 19.2. The molecule has 6 nitrogen and oxygen atoms in total. The summed E-state index contributed by atoms with van der Waals surface area (Å²) >= 11 is 0. The van der Waals surface area contributed by atoms with Gasteiger partial charge >= 0.3 is 0 Å². The van der Waals surface area contributed by atoms with E-state index in [9.17, 15) is 9.59 Å². The fourth-order valence-electron chi connectivity index (χ4n) is 2.27. The highest BCUT2D eigenvalue weighted by Gasteiger charge is 2.55. The van der Waals surface area contributed by atoms with Crippen molar-refractivity contribution in [3.8, 4) is 0 Å². The zero-order valence-electron chi connectivity index (χ0n) is 10.7. The van der Waals surface area contributed by atoms with Gasteiger partial charge in [0, 0.05) is 0 Å². The molecule has 0 saturated heterocycles. The molecule has 0 heterocycles. The molecule has 1 aliphatic carbocycles. The Morgan fingerprint density at radius 2 is 1.50 bits per heavy atom. The lowest BCUT2D eigenvalue weighted by atomic mass is 9.69. The number of hydrogen-bond acceptors (Lipinski definition) is 4. The third kappa shape index (κ3) is 1.91. The van der Waals surface area contributed by atoms with Crippen molar-refractivity contribution in [2.45, 2.75) is 5.66 Å². The van der Waals surface area contributed by atoms with Crippen LogP contribution in [0, 0.1) is 5.41 Å². The SMILES string of the molecule is NC(=O)C1(C(N)=O)C=C(c2ccccc2)C=CC1(N)N. The second kappa shape index (κ2) is 4.59. The molecule has 6 heteroatoms. The van der Waals surface area contributed by atoms with Crippen molar-refractivity contribution in [1.29, 1.82) is 0 Å². The minimum atomic E-state index is -1.97. The van der Waals surface area contributed by atoms with Gasteiger partial charge in [0.05, 0.1) is 0 Å². The van der Waals surface area contributed by atoms with Crippen molar-refractivity contribution in [2.24, 2.45) is 28.3 Å². The average molecular weight is 272 g/mol. The Bertz CT molecular complexity index is 603. The molecule has 1 aromatic carbocycles. The van der Waals surface area contributed by atoms with Crippen LogP contribution in [-0.2, 0) is 9.59 Å². The number of carbonyl (C=O) groups is 2. The Kier molecular flexibility index (Phi) is 3.21. The maximum atomic E-state index is 11.8. The third-order valence-corrected chi connectivity index (χ3v) is 3.48. The van der Waals surface area contributed by atoms with E-state index in [-0.39, 0.29) is 0 Å². The lowest BCUT2D eigenvalue weighted by Gasteiger charge is -2.39. The average Bonchev–Trinajstić information content (AvgIpc) is 2.38. The smallest absolute Gasteiger partial charge is 0.240 e. The van der Waals surface area contributed by atoms with Crippen molar-refractivity contribution in [2.75, 3.05) is 0 Å². The predicted octanol–water partition coefficient (Wildman–Crippen LogP) is -0.789. The molecule has 0 saturated carbocycles. The molecule has 0 spiro atoms. The Balaban J connectivity index is 2.65. The van der Waals surface area contributed by atoms with E-state index in [1.165, 1.54) is 12.2 Å². The first-order valence-corrected chi connectivity index (χ1v) is 5.96. The summed E-state index contributed by atoms with van der Waals surface area (Å²) in [5.41, 5.74) is 20.0. The molecule has 8 N–H and O–H groups in total. The van der Waals surface area contributed by atoms with Crippen molar-refractivity contribution in [3.05, 3.63) is 54.1 Å². The van der Waals surface area contributed by atoms with E-state index in [1.54, 1.807) is 6.08 Å². The summed E-state index contributed by atoms with van der Waals surface area (Å²) in [5, 5.41) is 0. The lowest BCUT2D eigenvalue weighted by molar-refractivity contribution is -0.139. The molecular weight excluding hydrogens is 256 g/mol. The van der Waals surface area contributed by atoms with Gasteiger partial charge in [0.2, 0.25) is 11.8 Å². The molecule has 2 rings (SSSR count). The van der Waals surface area contributed by atoms with Crippen LogP contribution in [0.25, 0.3) is 5.57 Å². The Morgan fingerprint density at radius 1 is 0.950 bits per heavy atom. The molecule has 0 atom stereocenters. The van der Waals surface area contributed by atoms with E-state index in [4.69, 9.17) is 22.9 Å². The van der Waals surface area contributed by atoms with Crippen molar-refractivity contribution >= 4 is 17.4 Å². The highest BCUT2D eigenvalue weighted by atomic mass is 16.2. The highest BCUT2D eigenvalue weighted by molar-refractivity contribution is 6.10. The first kappa shape index (κ1) is 14.0. The maximum Gasteiger partial charge on any atom is 0.240 e. The van der Waals surface area contributed by atoms with Gasteiger partial charge in [0.25, 0.3) is 0 Å². The topological polar surface area (TPSA) is 138 Å². The predicted molar refractivity (Wildman–Crippen MR) is 75.5 cm³/mol. The van der Waals surface area contributed by atoms with E-state index in [2.05, 4.69) is 0 Å². The van der Waals surface area contributed by atoms with Crippen LogP contribution < -0.4 is 22.9 Å².